The highest BCUT2D eigenvalue weighted by Crippen LogP contribution is 2.33. The standard InChI is InChI=1S/C13H13BrClNO2/c1-3-16-11(13(17)18-4-2)7-8-9(14)5-6-10(15)12(8)16/h5-7H,3-4H2,1-2H3. The minimum Gasteiger partial charge on any atom is -0.461 e. The van der Waals surface area contributed by atoms with Crippen LogP contribution in [0.5, 0.6) is 0 Å². The number of aryl methyl sites for hydroxylation is 1. The van der Waals surface area contributed by atoms with Crippen molar-refractivity contribution in [2.75, 3.05) is 6.61 Å². The molecular weight excluding hydrogens is 318 g/mol. The lowest BCUT2D eigenvalue weighted by atomic mass is 10.2. The number of esters is 1. The van der Waals surface area contributed by atoms with Crippen LogP contribution in [0, 0.1) is 0 Å². The minimum atomic E-state index is -0.321. The first-order valence-corrected chi connectivity index (χ1v) is 6.91. The fraction of sp³-hybridized carbons (Fsp3) is 0.308. The summed E-state index contributed by atoms with van der Waals surface area (Å²) in [4.78, 5) is 11.9. The number of benzene rings is 1. The van der Waals surface area contributed by atoms with E-state index in [0.29, 0.717) is 23.9 Å². The van der Waals surface area contributed by atoms with E-state index in [-0.39, 0.29) is 5.97 Å². The summed E-state index contributed by atoms with van der Waals surface area (Å²) in [5.41, 5.74) is 1.39. The molecule has 0 aliphatic heterocycles. The molecular formula is C13H13BrClNO2. The molecule has 2 rings (SSSR count). The average molecular weight is 331 g/mol. The van der Waals surface area contributed by atoms with Gasteiger partial charge < -0.3 is 9.30 Å². The molecule has 0 bridgehead atoms. The molecule has 18 heavy (non-hydrogen) atoms. The molecule has 0 aliphatic rings. The molecule has 0 amide bonds. The van der Waals surface area contributed by atoms with Crippen LogP contribution < -0.4 is 0 Å². The van der Waals surface area contributed by atoms with Crippen LogP contribution in [0.2, 0.25) is 5.02 Å². The van der Waals surface area contributed by atoms with Gasteiger partial charge in [-0.25, -0.2) is 4.79 Å². The molecule has 1 aromatic heterocycles. The Labute approximate surface area is 119 Å². The van der Waals surface area contributed by atoms with Gasteiger partial charge in [-0.05, 0) is 32.0 Å². The Morgan fingerprint density at radius 1 is 1.44 bits per heavy atom. The molecule has 0 atom stereocenters. The number of halogens is 2. The summed E-state index contributed by atoms with van der Waals surface area (Å²) < 4.78 is 7.85. The quantitative estimate of drug-likeness (QED) is 0.788. The van der Waals surface area contributed by atoms with E-state index in [4.69, 9.17) is 16.3 Å². The Kier molecular flexibility index (Phi) is 3.97. The van der Waals surface area contributed by atoms with Gasteiger partial charge in [-0.15, -0.1) is 0 Å². The molecule has 0 saturated heterocycles. The fourth-order valence-electron chi connectivity index (χ4n) is 2.01. The second-order valence-electron chi connectivity index (χ2n) is 3.79. The molecule has 1 heterocycles. The first-order chi connectivity index (χ1) is 8.60. The van der Waals surface area contributed by atoms with Gasteiger partial charge in [0.1, 0.15) is 5.69 Å². The second kappa shape index (κ2) is 5.33. The zero-order valence-corrected chi connectivity index (χ0v) is 12.5. The normalized spacial score (nSPS) is 10.9. The molecule has 96 valence electrons. The predicted octanol–water partition coefficient (Wildman–Crippen LogP) is 4.25. The molecule has 0 unspecified atom stereocenters. The van der Waals surface area contributed by atoms with Crippen molar-refractivity contribution in [3.8, 4) is 0 Å². The van der Waals surface area contributed by atoms with Crippen molar-refractivity contribution < 1.29 is 9.53 Å². The predicted molar refractivity (Wildman–Crippen MR) is 76.3 cm³/mol. The Morgan fingerprint density at radius 3 is 2.78 bits per heavy atom. The molecule has 0 aliphatic carbocycles. The van der Waals surface area contributed by atoms with Gasteiger partial charge in [0.2, 0.25) is 0 Å². The average Bonchev–Trinajstić information content (AvgIpc) is 2.74. The van der Waals surface area contributed by atoms with Crippen molar-refractivity contribution >= 4 is 44.4 Å². The van der Waals surface area contributed by atoms with Crippen molar-refractivity contribution in [3.63, 3.8) is 0 Å². The van der Waals surface area contributed by atoms with E-state index in [1.54, 1.807) is 6.92 Å². The molecule has 0 fully saturated rings. The Hall–Kier alpha value is -1.00. The number of nitrogens with zero attached hydrogens (tertiary/aromatic N) is 1. The van der Waals surface area contributed by atoms with Crippen LogP contribution in [0.15, 0.2) is 22.7 Å². The lowest BCUT2D eigenvalue weighted by Crippen LogP contribution is -2.11. The van der Waals surface area contributed by atoms with Crippen LogP contribution in [-0.4, -0.2) is 17.1 Å². The molecule has 0 saturated carbocycles. The maximum Gasteiger partial charge on any atom is 0.354 e. The van der Waals surface area contributed by atoms with Gasteiger partial charge in [-0.3, -0.25) is 0 Å². The van der Waals surface area contributed by atoms with E-state index >= 15 is 0 Å². The van der Waals surface area contributed by atoms with Crippen LogP contribution in [0.1, 0.15) is 24.3 Å². The number of carbonyl (C=O) groups is 1. The number of carbonyl (C=O) groups excluding carboxylic acids is 1. The largest absolute Gasteiger partial charge is 0.461 e. The van der Waals surface area contributed by atoms with E-state index < -0.39 is 0 Å². The van der Waals surface area contributed by atoms with Crippen LogP contribution in [0.3, 0.4) is 0 Å². The summed E-state index contributed by atoms with van der Waals surface area (Å²) in [7, 11) is 0. The number of aromatic nitrogens is 1. The van der Waals surface area contributed by atoms with Gasteiger partial charge in [0.25, 0.3) is 0 Å². The Balaban J connectivity index is 2.72. The van der Waals surface area contributed by atoms with E-state index in [0.717, 1.165) is 15.4 Å². The summed E-state index contributed by atoms with van der Waals surface area (Å²) in [5.74, 6) is -0.321. The second-order valence-corrected chi connectivity index (χ2v) is 5.05. The van der Waals surface area contributed by atoms with Gasteiger partial charge in [-0.2, -0.15) is 0 Å². The number of fused-ring (bicyclic) bond motifs is 1. The molecule has 0 N–H and O–H groups in total. The lowest BCUT2D eigenvalue weighted by Gasteiger charge is -2.08. The summed E-state index contributed by atoms with van der Waals surface area (Å²) in [6, 6.07) is 5.50. The first-order valence-electron chi connectivity index (χ1n) is 5.74. The molecule has 2 aromatic rings. The van der Waals surface area contributed by atoms with Crippen molar-refractivity contribution in [3.05, 3.63) is 33.4 Å². The van der Waals surface area contributed by atoms with Crippen molar-refractivity contribution in [1.29, 1.82) is 0 Å². The van der Waals surface area contributed by atoms with Crippen LogP contribution in [-0.2, 0) is 11.3 Å². The Morgan fingerprint density at radius 2 is 2.17 bits per heavy atom. The Bertz CT molecular complexity index is 607. The summed E-state index contributed by atoms with van der Waals surface area (Å²) in [6.45, 7) is 4.78. The third-order valence-corrected chi connectivity index (χ3v) is 3.75. The lowest BCUT2D eigenvalue weighted by molar-refractivity contribution is 0.0514. The third-order valence-electron chi connectivity index (χ3n) is 2.76. The van der Waals surface area contributed by atoms with Crippen molar-refractivity contribution in [1.82, 2.24) is 4.57 Å². The zero-order chi connectivity index (χ0) is 13.3. The maximum atomic E-state index is 11.9. The molecule has 5 heteroatoms. The van der Waals surface area contributed by atoms with E-state index in [1.165, 1.54) is 0 Å². The highest BCUT2D eigenvalue weighted by molar-refractivity contribution is 9.10. The van der Waals surface area contributed by atoms with Gasteiger partial charge in [-0.1, -0.05) is 27.5 Å². The number of ether oxygens (including phenoxy) is 1. The SMILES string of the molecule is CCOC(=O)c1cc2c(Br)ccc(Cl)c2n1CC. The molecule has 0 radical (unpaired) electrons. The van der Waals surface area contributed by atoms with Gasteiger partial charge >= 0.3 is 5.97 Å². The maximum absolute atomic E-state index is 11.9. The van der Waals surface area contributed by atoms with Crippen molar-refractivity contribution in [2.24, 2.45) is 0 Å². The number of hydrogen-bond donors (Lipinski definition) is 0. The monoisotopic (exact) mass is 329 g/mol. The third kappa shape index (κ3) is 2.15. The van der Waals surface area contributed by atoms with E-state index in [1.807, 2.05) is 29.7 Å². The highest BCUT2D eigenvalue weighted by atomic mass is 79.9. The van der Waals surface area contributed by atoms with E-state index in [9.17, 15) is 4.79 Å². The van der Waals surface area contributed by atoms with Crippen LogP contribution in [0.4, 0.5) is 0 Å². The smallest absolute Gasteiger partial charge is 0.354 e. The fourth-order valence-corrected chi connectivity index (χ4v) is 2.71. The van der Waals surface area contributed by atoms with Crippen LogP contribution >= 0.6 is 27.5 Å². The number of hydrogen-bond acceptors (Lipinski definition) is 2. The molecule has 0 spiro atoms. The molecule has 1 aromatic carbocycles. The zero-order valence-electron chi connectivity index (χ0n) is 10.2. The summed E-state index contributed by atoms with van der Waals surface area (Å²) >= 11 is 9.69. The molecule has 3 nitrogen and oxygen atoms in total. The first kappa shape index (κ1) is 13.4. The van der Waals surface area contributed by atoms with E-state index in [2.05, 4.69) is 15.9 Å². The van der Waals surface area contributed by atoms with Gasteiger partial charge in [0.05, 0.1) is 17.1 Å². The summed E-state index contributed by atoms with van der Waals surface area (Å²) in [6.07, 6.45) is 0. The number of rotatable bonds is 3. The van der Waals surface area contributed by atoms with Gasteiger partial charge in [0, 0.05) is 16.4 Å². The summed E-state index contributed by atoms with van der Waals surface area (Å²) in [5, 5.41) is 1.55. The van der Waals surface area contributed by atoms with Gasteiger partial charge in [0.15, 0.2) is 0 Å². The van der Waals surface area contributed by atoms with Crippen LogP contribution in [0.25, 0.3) is 10.9 Å². The topological polar surface area (TPSA) is 31.2 Å². The highest BCUT2D eigenvalue weighted by Gasteiger charge is 2.18. The van der Waals surface area contributed by atoms with Crippen molar-refractivity contribution in [2.45, 2.75) is 20.4 Å². The minimum absolute atomic E-state index is 0.321.